The predicted octanol–water partition coefficient (Wildman–Crippen LogP) is 18.8. The molecule has 0 fully saturated rings. The second-order valence-electron chi connectivity index (χ2n) is 22.3. The first-order chi connectivity index (χ1) is 40.6. The van der Waals surface area contributed by atoms with Gasteiger partial charge in [-0.2, -0.15) is 0 Å². The number of likely N-dealkylation sites (N-methyl/N-ethyl adjacent to an activating group) is 1. The van der Waals surface area contributed by atoms with Crippen molar-refractivity contribution in [2.75, 3.05) is 47.5 Å². The average Bonchev–Trinajstić information content (AvgIpc) is 3.46. The van der Waals surface area contributed by atoms with Crippen molar-refractivity contribution in [3.63, 3.8) is 0 Å². The number of esters is 2. The van der Waals surface area contributed by atoms with Gasteiger partial charge in [0.1, 0.15) is 13.2 Å². The molecule has 0 aromatic carbocycles. The van der Waals surface area contributed by atoms with E-state index < -0.39 is 24.3 Å². The van der Waals surface area contributed by atoms with Gasteiger partial charge in [-0.15, -0.1) is 0 Å². The van der Waals surface area contributed by atoms with Crippen molar-refractivity contribution in [2.45, 2.75) is 245 Å². The van der Waals surface area contributed by atoms with Crippen LogP contribution >= 0.6 is 0 Å². The molecule has 0 N–H and O–H groups in total. The van der Waals surface area contributed by atoms with Crippen LogP contribution in [-0.2, 0) is 33.3 Å². The van der Waals surface area contributed by atoms with Crippen LogP contribution < -0.4 is 5.11 Å². The van der Waals surface area contributed by atoms with Crippen LogP contribution in [0.15, 0.2) is 158 Å². The van der Waals surface area contributed by atoms with Gasteiger partial charge in [-0.3, -0.25) is 9.59 Å². The van der Waals surface area contributed by atoms with Crippen LogP contribution in [0.4, 0.5) is 0 Å². The fourth-order valence-corrected chi connectivity index (χ4v) is 8.28. The summed E-state index contributed by atoms with van der Waals surface area (Å²) in [6.45, 7) is 4.56. The van der Waals surface area contributed by atoms with Crippen molar-refractivity contribution in [2.24, 2.45) is 0 Å². The normalized spacial score (nSPS) is 13.8. The maximum Gasteiger partial charge on any atom is 0.306 e. The Labute approximate surface area is 508 Å². The van der Waals surface area contributed by atoms with Gasteiger partial charge in [0.25, 0.3) is 0 Å². The number of hydrogen-bond acceptors (Lipinski definition) is 8. The molecule has 0 aromatic heterocycles. The molecule has 0 amide bonds. The van der Waals surface area contributed by atoms with Crippen LogP contribution in [0.1, 0.15) is 232 Å². The third-order valence-corrected chi connectivity index (χ3v) is 13.3. The Morgan fingerprint density at radius 1 is 0.373 bits per heavy atom. The van der Waals surface area contributed by atoms with E-state index >= 15 is 0 Å². The second kappa shape index (κ2) is 62.9. The van der Waals surface area contributed by atoms with Crippen molar-refractivity contribution in [1.29, 1.82) is 0 Å². The van der Waals surface area contributed by atoms with Gasteiger partial charge in [0.2, 0.25) is 0 Å². The van der Waals surface area contributed by atoms with Gasteiger partial charge in [-0.25, -0.2) is 0 Å². The van der Waals surface area contributed by atoms with Crippen molar-refractivity contribution >= 4 is 17.9 Å². The first kappa shape index (κ1) is 77.9. The summed E-state index contributed by atoms with van der Waals surface area (Å²) in [5.41, 5.74) is 0. The molecule has 0 saturated carbocycles. The lowest BCUT2D eigenvalue weighted by Crippen LogP contribution is -2.44. The quantitative estimate of drug-likeness (QED) is 0.0195. The topological polar surface area (TPSA) is 111 Å². The van der Waals surface area contributed by atoms with Crippen LogP contribution in [0, 0.1) is 0 Å². The summed E-state index contributed by atoms with van der Waals surface area (Å²) < 4.78 is 22.7. The molecule has 0 heterocycles. The zero-order chi connectivity index (χ0) is 60.5. The highest BCUT2D eigenvalue weighted by molar-refractivity contribution is 5.70. The number of aliphatic carboxylic acids is 1. The first-order valence-corrected chi connectivity index (χ1v) is 32.6. The molecule has 2 unspecified atom stereocenters. The molecule has 9 nitrogen and oxygen atoms in total. The number of ether oxygens (including phenoxy) is 4. The molecule has 9 heteroatoms. The predicted molar refractivity (Wildman–Crippen MR) is 352 cm³/mol. The molecule has 0 aliphatic rings. The van der Waals surface area contributed by atoms with Gasteiger partial charge in [0.05, 0.1) is 40.3 Å². The Morgan fingerprint density at radius 2 is 0.687 bits per heavy atom. The maximum absolute atomic E-state index is 12.9. The Balaban J connectivity index is 4.31. The van der Waals surface area contributed by atoms with E-state index in [-0.39, 0.29) is 38.6 Å². The van der Waals surface area contributed by atoms with Crippen LogP contribution in [0.25, 0.3) is 0 Å². The summed E-state index contributed by atoms with van der Waals surface area (Å²) in [6.07, 6.45) is 90.2. The minimum Gasteiger partial charge on any atom is -0.545 e. The monoisotopic (exact) mass is 1150 g/mol. The van der Waals surface area contributed by atoms with E-state index in [1.807, 2.05) is 21.1 Å². The number of carbonyl (C=O) groups is 3. The number of nitrogens with zero attached hydrogens (tertiary/aromatic N) is 1. The highest BCUT2D eigenvalue weighted by Gasteiger charge is 2.22. The minimum atomic E-state index is -1.64. The van der Waals surface area contributed by atoms with Gasteiger partial charge < -0.3 is 33.3 Å². The number of carbonyl (C=O) groups excluding carboxylic acids is 3. The van der Waals surface area contributed by atoms with E-state index in [1.54, 1.807) is 0 Å². The van der Waals surface area contributed by atoms with E-state index in [4.69, 9.17) is 18.9 Å². The van der Waals surface area contributed by atoms with Gasteiger partial charge in [0.15, 0.2) is 12.4 Å². The number of carboxylic acids is 1. The van der Waals surface area contributed by atoms with Crippen molar-refractivity contribution in [1.82, 2.24) is 0 Å². The first-order valence-electron chi connectivity index (χ1n) is 32.6. The standard InChI is InChI=1S/C74H119NO8/c1-6-8-10-12-14-16-18-20-22-24-26-28-29-30-31-32-33-34-35-36-37-38-39-40-41-42-43-45-47-49-51-53-55-57-59-61-63-65-72(77)83-70(69-82-74(73(78)79)80-67-66-75(3,4)5)68-81-71(76)64-62-60-58-56-54-52-50-48-46-44-27-25-23-21-19-17-15-13-11-9-7-2/h8,10,14,16,19-22,25-28,30-31,33-34,36-37,39-40,42-43,47,49,53,55,70,74H,6-7,9,11-13,15,17-18,23-24,29,32,35,38,41,44-46,48,50-52,54,56-69H2,1-5H3/b10-8-,16-14-,21-19-,22-20-,27-25-,28-26-,31-30-,34-33-,37-36-,40-39-,43-42-,49-47-,55-53-. The number of carboxylic acid groups (broad SMARTS) is 1. The van der Waals surface area contributed by atoms with Crippen molar-refractivity contribution in [3.05, 3.63) is 158 Å². The number of allylic oxidation sites excluding steroid dienone is 26. The Kier molecular flexibility index (Phi) is 59.1. The van der Waals surface area contributed by atoms with Gasteiger partial charge in [-0.1, -0.05) is 249 Å². The number of hydrogen-bond donors (Lipinski definition) is 0. The highest BCUT2D eigenvalue weighted by Crippen LogP contribution is 2.14. The fraction of sp³-hybridized carbons (Fsp3) is 0.608. The molecule has 0 bridgehead atoms. The third-order valence-electron chi connectivity index (χ3n) is 13.3. The Hall–Kier alpha value is -5.09. The van der Waals surface area contributed by atoms with E-state index in [2.05, 4.69) is 172 Å². The van der Waals surface area contributed by atoms with Crippen LogP contribution in [0.2, 0.25) is 0 Å². The molecular weight excluding hydrogens is 1030 g/mol. The molecule has 0 aliphatic carbocycles. The summed E-state index contributed by atoms with van der Waals surface area (Å²) >= 11 is 0. The molecule has 0 aliphatic heterocycles. The zero-order valence-electron chi connectivity index (χ0n) is 53.2. The molecule has 83 heavy (non-hydrogen) atoms. The highest BCUT2D eigenvalue weighted by atomic mass is 16.7. The summed E-state index contributed by atoms with van der Waals surface area (Å²) in [4.78, 5) is 37.4. The lowest BCUT2D eigenvalue weighted by atomic mass is 10.1. The molecule has 0 radical (unpaired) electrons. The molecule has 0 spiro atoms. The van der Waals surface area contributed by atoms with E-state index in [0.717, 1.165) is 128 Å². The maximum atomic E-state index is 12.9. The molecular formula is C74H119NO8. The largest absolute Gasteiger partial charge is 0.545 e. The lowest BCUT2D eigenvalue weighted by molar-refractivity contribution is -0.870. The number of quaternary nitrogens is 1. The van der Waals surface area contributed by atoms with Gasteiger partial charge in [0, 0.05) is 12.8 Å². The molecule has 0 rings (SSSR count). The van der Waals surface area contributed by atoms with E-state index in [1.165, 1.54) is 70.6 Å². The molecule has 2 atom stereocenters. The average molecular weight is 1150 g/mol. The lowest BCUT2D eigenvalue weighted by Gasteiger charge is -2.26. The summed E-state index contributed by atoms with van der Waals surface area (Å²) in [5, 5.41) is 11.8. The van der Waals surface area contributed by atoms with Gasteiger partial charge >= 0.3 is 11.9 Å². The molecule has 0 saturated heterocycles. The van der Waals surface area contributed by atoms with Crippen LogP contribution in [0.5, 0.6) is 0 Å². The summed E-state index contributed by atoms with van der Waals surface area (Å²) in [5.74, 6) is -2.35. The smallest absolute Gasteiger partial charge is 0.306 e. The fourth-order valence-electron chi connectivity index (χ4n) is 8.28. The van der Waals surface area contributed by atoms with E-state index in [0.29, 0.717) is 17.4 Å². The zero-order valence-corrected chi connectivity index (χ0v) is 53.2. The van der Waals surface area contributed by atoms with Crippen LogP contribution in [0.3, 0.4) is 0 Å². The SMILES string of the molecule is CC/C=C\C/C=C\C/C=C\C/C=C\C/C=C\C/C=C\C/C=C\C/C=C\C/C=C\C/C=C\C/C=C\CCCCCC(=O)OC(COC(=O)CCCCCCCCCCC/C=C\C/C=C\CCCCCCC)COC(OCC[N+](C)(C)C)C(=O)[O-]. The molecule has 468 valence electrons. The minimum absolute atomic E-state index is 0.131. The number of rotatable bonds is 58. The van der Waals surface area contributed by atoms with Crippen molar-refractivity contribution in [3.8, 4) is 0 Å². The third kappa shape index (κ3) is 64.3. The Morgan fingerprint density at radius 3 is 1.04 bits per heavy atom. The second-order valence-corrected chi connectivity index (χ2v) is 22.3. The molecule has 0 aromatic rings. The summed E-state index contributed by atoms with van der Waals surface area (Å²) in [7, 11) is 5.90. The van der Waals surface area contributed by atoms with E-state index in [9.17, 15) is 19.5 Å². The summed E-state index contributed by atoms with van der Waals surface area (Å²) in [6, 6.07) is 0. The van der Waals surface area contributed by atoms with Crippen molar-refractivity contribution < 1.29 is 42.9 Å². The Bertz CT molecular complexity index is 1920. The van der Waals surface area contributed by atoms with Crippen LogP contribution in [-0.4, -0.2) is 82.3 Å². The van der Waals surface area contributed by atoms with Gasteiger partial charge in [-0.05, 0) is 128 Å². The number of unbranched alkanes of at least 4 members (excludes halogenated alkanes) is 17.